The van der Waals surface area contributed by atoms with Crippen LogP contribution in [0, 0.1) is 5.82 Å². The second-order valence-corrected chi connectivity index (χ2v) is 8.81. The van der Waals surface area contributed by atoms with Crippen LogP contribution in [0.15, 0.2) is 36.5 Å². The zero-order valence-electron chi connectivity index (χ0n) is 17.9. The van der Waals surface area contributed by atoms with Crippen LogP contribution in [0.1, 0.15) is 49.8 Å². The molecule has 0 radical (unpaired) electrons. The third kappa shape index (κ3) is 2.89. The Hall–Kier alpha value is -3.42. The van der Waals surface area contributed by atoms with Crippen molar-refractivity contribution in [2.24, 2.45) is 0 Å². The SMILES string of the molecule is COc1cc(-n2c(C(C)C)c(C3CC(F)(C(=O)O)C3)c3cc4[nH]ncc4cc32)ccc1F. The fourth-order valence-electron chi connectivity index (χ4n) is 4.93. The normalized spacial score (nSPS) is 20.8. The first-order chi connectivity index (χ1) is 15.2. The number of carbonyl (C=O) groups is 1. The molecule has 1 aliphatic carbocycles. The van der Waals surface area contributed by atoms with Crippen molar-refractivity contribution < 1.29 is 23.4 Å². The zero-order chi connectivity index (χ0) is 22.8. The molecule has 0 spiro atoms. The van der Waals surface area contributed by atoms with Gasteiger partial charge in [-0.3, -0.25) is 5.10 Å². The number of aromatic amines is 1. The number of rotatable bonds is 5. The number of nitrogens with one attached hydrogen (secondary N) is 1. The molecule has 2 heterocycles. The number of hydrogen-bond donors (Lipinski definition) is 2. The number of alkyl halides is 1. The van der Waals surface area contributed by atoms with Gasteiger partial charge in [-0.05, 0) is 54.5 Å². The Morgan fingerprint density at radius 1 is 1.31 bits per heavy atom. The predicted molar refractivity (Wildman–Crippen MR) is 117 cm³/mol. The lowest BCUT2D eigenvalue weighted by Crippen LogP contribution is -2.45. The number of aliphatic carboxylic acids is 1. The minimum absolute atomic E-state index is 0.0457. The number of benzene rings is 2. The van der Waals surface area contributed by atoms with Gasteiger partial charge in [0.2, 0.25) is 5.67 Å². The molecule has 0 unspecified atom stereocenters. The summed E-state index contributed by atoms with van der Waals surface area (Å²) in [6.45, 7) is 4.09. The maximum atomic E-state index is 14.7. The predicted octanol–water partition coefficient (Wildman–Crippen LogP) is 5.45. The van der Waals surface area contributed by atoms with Crippen LogP contribution in [0.25, 0.3) is 27.5 Å². The molecule has 4 aromatic rings. The molecular formula is C24H23F2N3O3. The first kappa shape index (κ1) is 20.5. The second-order valence-electron chi connectivity index (χ2n) is 8.81. The van der Waals surface area contributed by atoms with Gasteiger partial charge in [-0.15, -0.1) is 0 Å². The Balaban J connectivity index is 1.81. The lowest BCUT2D eigenvalue weighted by Gasteiger charge is -2.39. The molecule has 1 fully saturated rings. The molecule has 0 saturated heterocycles. The standard InChI is InChI=1S/C24H23F2N3O3/c1-12(2)22-21(14-9-24(26,10-14)23(30)31)16-8-18-13(11-27-28-18)6-19(16)29(22)15-4-5-17(25)20(7-15)32-3/h4-8,11-12,14H,9-10H2,1-3H3,(H,27,28)(H,30,31). The second kappa shape index (κ2) is 7.05. The van der Waals surface area contributed by atoms with Gasteiger partial charge in [0.05, 0.1) is 24.3 Å². The van der Waals surface area contributed by atoms with E-state index in [-0.39, 0.29) is 30.4 Å². The Morgan fingerprint density at radius 3 is 2.72 bits per heavy atom. The van der Waals surface area contributed by atoms with Crippen molar-refractivity contribution in [2.75, 3.05) is 7.11 Å². The molecule has 8 heteroatoms. The van der Waals surface area contributed by atoms with Crippen LogP contribution >= 0.6 is 0 Å². The van der Waals surface area contributed by atoms with Gasteiger partial charge in [-0.1, -0.05) is 13.8 Å². The van der Waals surface area contributed by atoms with Gasteiger partial charge < -0.3 is 14.4 Å². The molecule has 0 bridgehead atoms. The number of methoxy groups -OCH3 is 1. The molecule has 1 saturated carbocycles. The van der Waals surface area contributed by atoms with Crippen molar-refractivity contribution >= 4 is 27.8 Å². The number of carboxylic acid groups (broad SMARTS) is 1. The van der Waals surface area contributed by atoms with E-state index in [1.54, 1.807) is 18.3 Å². The molecule has 5 rings (SSSR count). The van der Waals surface area contributed by atoms with E-state index in [0.717, 1.165) is 38.8 Å². The van der Waals surface area contributed by atoms with E-state index in [4.69, 9.17) is 4.74 Å². The van der Waals surface area contributed by atoms with Gasteiger partial charge in [0, 0.05) is 28.2 Å². The number of H-pyrrole nitrogens is 1. The van der Waals surface area contributed by atoms with Crippen molar-refractivity contribution in [1.29, 1.82) is 0 Å². The van der Waals surface area contributed by atoms with E-state index in [0.29, 0.717) is 0 Å². The molecule has 2 aromatic heterocycles. The summed E-state index contributed by atoms with van der Waals surface area (Å²) in [4.78, 5) is 11.4. The highest BCUT2D eigenvalue weighted by molar-refractivity contribution is 5.99. The van der Waals surface area contributed by atoms with Crippen LogP contribution in [-0.4, -0.2) is 38.6 Å². The monoisotopic (exact) mass is 439 g/mol. The third-order valence-electron chi connectivity index (χ3n) is 6.48. The number of nitrogens with zero attached hydrogens (tertiary/aromatic N) is 2. The summed E-state index contributed by atoms with van der Waals surface area (Å²) in [7, 11) is 1.42. The summed E-state index contributed by atoms with van der Waals surface area (Å²) in [5.41, 5.74) is 2.11. The van der Waals surface area contributed by atoms with E-state index in [1.807, 2.05) is 30.5 Å². The summed E-state index contributed by atoms with van der Waals surface area (Å²) in [6.07, 6.45) is 1.58. The maximum absolute atomic E-state index is 14.7. The average molecular weight is 439 g/mol. The van der Waals surface area contributed by atoms with Crippen molar-refractivity contribution in [1.82, 2.24) is 14.8 Å². The molecule has 1 aliphatic rings. The minimum atomic E-state index is -2.20. The number of hydrogen-bond acceptors (Lipinski definition) is 3. The van der Waals surface area contributed by atoms with E-state index < -0.39 is 17.5 Å². The fraction of sp³-hybridized carbons (Fsp3) is 0.333. The number of ether oxygens (including phenoxy) is 1. The van der Waals surface area contributed by atoms with Gasteiger partial charge in [-0.25, -0.2) is 13.6 Å². The topological polar surface area (TPSA) is 80.1 Å². The molecular weight excluding hydrogens is 416 g/mol. The maximum Gasteiger partial charge on any atom is 0.341 e. The smallest absolute Gasteiger partial charge is 0.341 e. The van der Waals surface area contributed by atoms with E-state index in [9.17, 15) is 18.7 Å². The number of aromatic nitrogens is 3. The molecule has 0 amide bonds. The van der Waals surface area contributed by atoms with Gasteiger partial charge in [0.1, 0.15) is 0 Å². The molecule has 0 aliphatic heterocycles. The number of fused-ring (bicyclic) bond motifs is 2. The summed E-state index contributed by atoms with van der Waals surface area (Å²) >= 11 is 0. The van der Waals surface area contributed by atoms with Crippen molar-refractivity contribution in [3.63, 3.8) is 0 Å². The largest absolute Gasteiger partial charge is 0.494 e. The van der Waals surface area contributed by atoms with E-state index in [2.05, 4.69) is 10.2 Å². The summed E-state index contributed by atoms with van der Waals surface area (Å²) in [5, 5.41) is 18.2. The molecule has 32 heavy (non-hydrogen) atoms. The third-order valence-corrected chi connectivity index (χ3v) is 6.48. The average Bonchev–Trinajstić information content (AvgIpc) is 3.31. The lowest BCUT2D eigenvalue weighted by atomic mass is 9.68. The molecule has 2 N–H and O–H groups in total. The molecule has 6 nitrogen and oxygen atoms in total. The first-order valence-electron chi connectivity index (χ1n) is 10.5. The molecule has 2 aromatic carbocycles. The number of halogens is 2. The van der Waals surface area contributed by atoms with Crippen LogP contribution in [-0.2, 0) is 4.79 Å². The lowest BCUT2D eigenvalue weighted by molar-refractivity contribution is -0.158. The Morgan fingerprint density at radius 2 is 2.06 bits per heavy atom. The quantitative estimate of drug-likeness (QED) is 0.433. The number of carboxylic acids is 1. The van der Waals surface area contributed by atoms with Gasteiger partial charge in [-0.2, -0.15) is 5.10 Å². The highest BCUT2D eigenvalue weighted by Crippen LogP contribution is 2.52. The zero-order valence-corrected chi connectivity index (χ0v) is 17.9. The highest BCUT2D eigenvalue weighted by Gasteiger charge is 2.53. The highest BCUT2D eigenvalue weighted by atomic mass is 19.1. The van der Waals surface area contributed by atoms with Crippen LogP contribution in [0.4, 0.5) is 8.78 Å². The van der Waals surface area contributed by atoms with Crippen LogP contribution in [0.5, 0.6) is 5.75 Å². The van der Waals surface area contributed by atoms with E-state index in [1.165, 1.54) is 13.2 Å². The summed E-state index contributed by atoms with van der Waals surface area (Å²) < 4.78 is 36.1. The summed E-state index contributed by atoms with van der Waals surface area (Å²) in [6, 6.07) is 8.67. The molecule has 166 valence electrons. The van der Waals surface area contributed by atoms with Crippen LogP contribution in [0.3, 0.4) is 0 Å². The van der Waals surface area contributed by atoms with Crippen molar-refractivity contribution in [3.05, 3.63) is 53.6 Å². The van der Waals surface area contributed by atoms with Gasteiger partial charge in [0.25, 0.3) is 0 Å². The Kier molecular flexibility index (Phi) is 4.51. The van der Waals surface area contributed by atoms with Gasteiger partial charge in [0.15, 0.2) is 11.6 Å². The molecule has 0 atom stereocenters. The Labute approximate surface area is 182 Å². The van der Waals surface area contributed by atoms with Crippen LogP contribution < -0.4 is 4.74 Å². The fourth-order valence-corrected chi connectivity index (χ4v) is 4.93. The van der Waals surface area contributed by atoms with Crippen LogP contribution in [0.2, 0.25) is 0 Å². The van der Waals surface area contributed by atoms with E-state index >= 15 is 0 Å². The van der Waals surface area contributed by atoms with Gasteiger partial charge >= 0.3 is 5.97 Å². The first-order valence-corrected chi connectivity index (χ1v) is 10.5. The summed E-state index contributed by atoms with van der Waals surface area (Å²) in [5.74, 6) is -1.94. The van der Waals surface area contributed by atoms with Crippen molar-refractivity contribution in [3.8, 4) is 11.4 Å². The Bertz CT molecular complexity index is 1370. The minimum Gasteiger partial charge on any atom is -0.494 e. The van der Waals surface area contributed by atoms with Crippen molar-refractivity contribution in [2.45, 2.75) is 44.2 Å².